The Morgan fingerprint density at radius 1 is 0.903 bits per heavy atom. The Balaban J connectivity index is 1.29. The van der Waals surface area contributed by atoms with Crippen LogP contribution in [0.1, 0.15) is 41.6 Å². The fraction of sp³-hybridized carbons (Fsp3) is 0.636. The number of carbonyl (C=O) groups is 2. The molecule has 3 heterocycles. The monoisotopic (exact) mass is 440 g/mol. The number of halogens is 3. The summed E-state index contributed by atoms with van der Waals surface area (Å²) in [5.41, 5.74) is -0.546. The molecule has 0 radical (unpaired) electrons. The van der Waals surface area contributed by atoms with E-state index in [-0.39, 0.29) is 35.5 Å². The molecule has 6 nitrogen and oxygen atoms in total. The molecule has 31 heavy (non-hydrogen) atoms. The second-order valence-corrected chi connectivity index (χ2v) is 8.44. The molecule has 0 aliphatic carbocycles. The van der Waals surface area contributed by atoms with E-state index in [4.69, 9.17) is 9.47 Å². The second kappa shape index (κ2) is 9.16. The normalized spacial score (nSPS) is 23.9. The van der Waals surface area contributed by atoms with Gasteiger partial charge in [0.25, 0.3) is 5.91 Å². The molecule has 3 aliphatic heterocycles. The number of hydrogen-bond acceptors (Lipinski definition) is 4. The number of piperidine rings is 2. The third kappa shape index (κ3) is 5.03. The molecule has 0 saturated carbocycles. The molecule has 0 bridgehead atoms. The molecule has 1 aromatic carbocycles. The maximum atomic E-state index is 13.0. The Hall–Kier alpha value is -2.13. The van der Waals surface area contributed by atoms with E-state index in [1.54, 1.807) is 4.90 Å². The highest BCUT2D eigenvalue weighted by Crippen LogP contribution is 2.30. The highest BCUT2D eigenvalue weighted by Gasteiger charge is 2.36. The Bertz CT molecular complexity index is 785. The minimum atomic E-state index is -4.43. The highest BCUT2D eigenvalue weighted by molar-refractivity contribution is 5.94. The zero-order valence-electron chi connectivity index (χ0n) is 17.3. The fourth-order valence-corrected chi connectivity index (χ4v) is 4.65. The molecule has 2 amide bonds. The molecule has 0 spiro atoms. The molecular weight excluding hydrogens is 413 g/mol. The van der Waals surface area contributed by atoms with E-state index in [1.807, 2.05) is 4.90 Å². The molecule has 170 valence electrons. The maximum absolute atomic E-state index is 13.0. The van der Waals surface area contributed by atoms with Crippen LogP contribution in [0.4, 0.5) is 13.2 Å². The van der Waals surface area contributed by atoms with Gasteiger partial charge in [0.1, 0.15) is 0 Å². The second-order valence-electron chi connectivity index (χ2n) is 8.44. The molecule has 0 N–H and O–H groups in total. The number of ether oxygens (including phenoxy) is 2. The van der Waals surface area contributed by atoms with Crippen LogP contribution < -0.4 is 0 Å². The average Bonchev–Trinajstić information content (AvgIpc) is 3.33. The number of benzene rings is 1. The van der Waals surface area contributed by atoms with Gasteiger partial charge in [-0.3, -0.25) is 9.59 Å². The zero-order valence-corrected chi connectivity index (χ0v) is 17.3. The van der Waals surface area contributed by atoms with E-state index in [9.17, 15) is 22.8 Å². The van der Waals surface area contributed by atoms with E-state index in [0.29, 0.717) is 45.7 Å². The van der Waals surface area contributed by atoms with Gasteiger partial charge in [-0.2, -0.15) is 13.2 Å². The summed E-state index contributed by atoms with van der Waals surface area (Å²) < 4.78 is 49.4. The van der Waals surface area contributed by atoms with Gasteiger partial charge in [0, 0.05) is 43.6 Å². The average molecular weight is 440 g/mol. The van der Waals surface area contributed by atoms with Crippen molar-refractivity contribution in [2.75, 3.05) is 39.4 Å². The molecule has 4 rings (SSSR count). The summed E-state index contributed by atoms with van der Waals surface area (Å²) in [6.45, 7) is 3.40. The van der Waals surface area contributed by atoms with Gasteiger partial charge in [0.05, 0.1) is 18.8 Å². The van der Waals surface area contributed by atoms with Crippen LogP contribution in [0.2, 0.25) is 0 Å². The highest BCUT2D eigenvalue weighted by atomic mass is 19.4. The molecule has 1 aromatic rings. The van der Waals surface area contributed by atoms with E-state index in [0.717, 1.165) is 31.5 Å². The molecule has 0 aromatic heterocycles. The Morgan fingerprint density at radius 3 is 2.16 bits per heavy atom. The minimum Gasteiger partial charge on any atom is -0.350 e. The van der Waals surface area contributed by atoms with Crippen LogP contribution in [-0.4, -0.2) is 67.3 Å². The molecule has 1 unspecified atom stereocenters. The molecule has 3 saturated heterocycles. The van der Waals surface area contributed by atoms with Gasteiger partial charge in [-0.05, 0) is 49.9 Å². The van der Waals surface area contributed by atoms with Crippen LogP contribution in [0, 0.1) is 11.8 Å². The largest absolute Gasteiger partial charge is 0.416 e. The molecular formula is C22H27F3N2O4. The van der Waals surface area contributed by atoms with Crippen LogP contribution in [0.15, 0.2) is 24.3 Å². The van der Waals surface area contributed by atoms with Crippen LogP contribution in [-0.2, 0) is 20.4 Å². The summed E-state index contributed by atoms with van der Waals surface area (Å²) >= 11 is 0. The van der Waals surface area contributed by atoms with Crippen molar-refractivity contribution in [3.05, 3.63) is 35.4 Å². The summed E-state index contributed by atoms with van der Waals surface area (Å²) in [7, 11) is 0. The van der Waals surface area contributed by atoms with Crippen molar-refractivity contribution in [3.63, 3.8) is 0 Å². The van der Waals surface area contributed by atoms with Gasteiger partial charge in [-0.15, -0.1) is 0 Å². The van der Waals surface area contributed by atoms with Gasteiger partial charge < -0.3 is 19.3 Å². The fourth-order valence-electron chi connectivity index (χ4n) is 4.65. The molecule has 3 fully saturated rings. The minimum absolute atomic E-state index is 0.115. The number of amides is 2. The van der Waals surface area contributed by atoms with Gasteiger partial charge in [-0.25, -0.2) is 0 Å². The van der Waals surface area contributed by atoms with E-state index >= 15 is 0 Å². The van der Waals surface area contributed by atoms with Gasteiger partial charge in [0.15, 0.2) is 6.29 Å². The number of likely N-dealkylation sites (tertiary alicyclic amines) is 2. The number of hydrogen-bond donors (Lipinski definition) is 0. The summed E-state index contributed by atoms with van der Waals surface area (Å²) in [5.74, 6) is -0.125. The quantitative estimate of drug-likeness (QED) is 0.725. The first-order valence-electron chi connectivity index (χ1n) is 10.8. The van der Waals surface area contributed by atoms with Crippen LogP contribution >= 0.6 is 0 Å². The van der Waals surface area contributed by atoms with E-state index in [2.05, 4.69) is 0 Å². The Morgan fingerprint density at radius 2 is 1.55 bits per heavy atom. The van der Waals surface area contributed by atoms with Crippen LogP contribution in [0.5, 0.6) is 0 Å². The third-order valence-electron chi connectivity index (χ3n) is 6.39. The van der Waals surface area contributed by atoms with Gasteiger partial charge in [-0.1, -0.05) is 0 Å². The standard InChI is InChI=1S/C22H27F3N2O4/c23-22(24,25)18-5-3-15(4-6-18)19(28)26-10-7-16(8-11-26)20(29)27-9-1-2-17(14-27)21-30-12-13-31-21/h3-6,16-17,21H,1-2,7-14H2. The maximum Gasteiger partial charge on any atom is 0.416 e. The molecule has 3 aliphatic rings. The molecule has 1 atom stereocenters. The lowest BCUT2D eigenvalue weighted by molar-refractivity contribution is -0.144. The number of alkyl halides is 3. The van der Waals surface area contributed by atoms with E-state index < -0.39 is 11.7 Å². The zero-order chi connectivity index (χ0) is 22.0. The third-order valence-corrected chi connectivity index (χ3v) is 6.39. The summed E-state index contributed by atoms with van der Waals surface area (Å²) in [4.78, 5) is 29.2. The van der Waals surface area contributed by atoms with Crippen molar-refractivity contribution in [3.8, 4) is 0 Å². The van der Waals surface area contributed by atoms with E-state index in [1.165, 1.54) is 12.1 Å². The summed E-state index contributed by atoms with van der Waals surface area (Å²) in [6.07, 6.45) is -1.63. The van der Waals surface area contributed by atoms with Crippen molar-refractivity contribution < 1.29 is 32.2 Å². The van der Waals surface area contributed by atoms with Crippen molar-refractivity contribution >= 4 is 11.8 Å². The van der Waals surface area contributed by atoms with Crippen molar-refractivity contribution in [2.45, 2.75) is 38.1 Å². The number of carbonyl (C=O) groups excluding carboxylic acids is 2. The number of nitrogens with zero attached hydrogens (tertiary/aromatic N) is 2. The van der Waals surface area contributed by atoms with Crippen LogP contribution in [0.3, 0.4) is 0 Å². The van der Waals surface area contributed by atoms with Crippen LogP contribution in [0.25, 0.3) is 0 Å². The predicted octanol–water partition coefficient (Wildman–Crippen LogP) is 3.17. The first kappa shape index (κ1) is 22.1. The lowest BCUT2D eigenvalue weighted by Gasteiger charge is -2.38. The van der Waals surface area contributed by atoms with Gasteiger partial charge in [0.2, 0.25) is 5.91 Å². The topological polar surface area (TPSA) is 59.1 Å². The first-order valence-corrected chi connectivity index (χ1v) is 10.8. The lowest BCUT2D eigenvalue weighted by Crippen LogP contribution is -2.48. The first-order chi connectivity index (χ1) is 14.8. The Labute approximate surface area is 179 Å². The summed E-state index contributed by atoms with van der Waals surface area (Å²) in [6, 6.07) is 4.27. The van der Waals surface area contributed by atoms with Crippen molar-refractivity contribution in [1.82, 2.24) is 9.80 Å². The SMILES string of the molecule is O=C(c1ccc(C(F)(F)F)cc1)N1CCC(C(=O)N2CCCC(C3OCCO3)C2)CC1. The smallest absolute Gasteiger partial charge is 0.350 e. The summed E-state index contributed by atoms with van der Waals surface area (Å²) in [5, 5.41) is 0. The lowest BCUT2D eigenvalue weighted by atomic mass is 9.91. The van der Waals surface area contributed by atoms with Gasteiger partial charge >= 0.3 is 6.18 Å². The molecule has 9 heteroatoms. The Kier molecular flexibility index (Phi) is 6.52. The van der Waals surface area contributed by atoms with Crippen molar-refractivity contribution in [2.24, 2.45) is 11.8 Å². The van der Waals surface area contributed by atoms with Crippen molar-refractivity contribution in [1.29, 1.82) is 0 Å². The predicted molar refractivity (Wildman–Crippen MR) is 105 cm³/mol. The number of rotatable bonds is 3.